The lowest BCUT2D eigenvalue weighted by atomic mass is 9.75. The Bertz CT molecular complexity index is 791. The zero-order valence-corrected chi connectivity index (χ0v) is 17.1. The van der Waals surface area contributed by atoms with Crippen molar-refractivity contribution in [2.75, 3.05) is 33.5 Å². The van der Waals surface area contributed by atoms with E-state index < -0.39 is 23.8 Å². The molecule has 2 atom stereocenters. The third-order valence-corrected chi connectivity index (χ3v) is 4.77. The summed E-state index contributed by atoms with van der Waals surface area (Å²) in [7, 11) is 1.29. The van der Waals surface area contributed by atoms with Crippen LogP contribution in [0.5, 0.6) is 0 Å². The minimum atomic E-state index is -0.845. The smallest absolute Gasteiger partial charge is 0.336 e. The summed E-state index contributed by atoms with van der Waals surface area (Å²) in [5.74, 6) is -2.57. The Labute approximate surface area is 169 Å². The second-order valence-corrected chi connectivity index (χ2v) is 6.64. The first-order valence-corrected chi connectivity index (χ1v) is 9.48. The Morgan fingerprint density at radius 2 is 2.00 bits per heavy atom. The molecule has 0 spiro atoms. The van der Waals surface area contributed by atoms with Crippen molar-refractivity contribution in [2.45, 2.75) is 19.8 Å². The van der Waals surface area contributed by atoms with E-state index in [9.17, 15) is 9.59 Å². The Kier molecular flexibility index (Phi) is 8.17. The number of allylic oxidation sites excluding steroid dienone is 1. The van der Waals surface area contributed by atoms with E-state index in [1.54, 1.807) is 38.1 Å². The van der Waals surface area contributed by atoms with Gasteiger partial charge < -0.3 is 19.9 Å². The summed E-state index contributed by atoms with van der Waals surface area (Å²) in [6, 6.07) is 7.09. The number of halogens is 1. The van der Waals surface area contributed by atoms with Gasteiger partial charge in [0.15, 0.2) is 0 Å². The van der Waals surface area contributed by atoms with Gasteiger partial charge in [-0.2, -0.15) is 0 Å². The lowest BCUT2D eigenvalue weighted by Gasteiger charge is -2.32. The lowest BCUT2D eigenvalue weighted by molar-refractivity contribution is -0.373. The minimum Gasteiger partial charge on any atom is -0.466 e. The topological polar surface area (TPSA) is 102 Å². The molecule has 1 aliphatic heterocycles. The zero-order valence-electron chi connectivity index (χ0n) is 16.4. The standard InChI is InChI=1S/C20H25ClN2O5/c1-4-28-20(25)18-15(11-27-10-9-22)23-12(2)16(19(24)26-3)17(18)13-7-5-6-8-14(13)21/h5-8,17-18H,4,9-11,22H2,1-3H3/p+1/t17-,18?/m1/s1. The fourth-order valence-electron chi connectivity index (χ4n) is 3.28. The number of quaternary nitrogens is 1. The fraction of sp³-hybridized carbons (Fsp3) is 0.450. The van der Waals surface area contributed by atoms with E-state index in [1.165, 1.54) is 7.11 Å². The summed E-state index contributed by atoms with van der Waals surface area (Å²) >= 11 is 6.43. The van der Waals surface area contributed by atoms with Gasteiger partial charge in [-0.25, -0.2) is 4.79 Å². The van der Waals surface area contributed by atoms with E-state index in [0.717, 1.165) is 0 Å². The third kappa shape index (κ3) is 4.79. The van der Waals surface area contributed by atoms with Crippen molar-refractivity contribution in [2.24, 2.45) is 10.9 Å². The van der Waals surface area contributed by atoms with Crippen molar-refractivity contribution in [3.63, 3.8) is 0 Å². The SMILES string of the molecule is CCOC(=O)C1C(COCC[NH3+])=NC(C)=C(C(=O)OC)[C@H]1c1ccccc1Cl. The average molecular weight is 410 g/mol. The Balaban J connectivity index is 2.64. The number of ether oxygens (including phenoxy) is 3. The molecule has 0 bridgehead atoms. The Hall–Kier alpha value is -2.22. The van der Waals surface area contributed by atoms with Gasteiger partial charge in [-0.1, -0.05) is 29.8 Å². The molecule has 1 aromatic rings. The summed E-state index contributed by atoms with van der Waals surface area (Å²) in [5, 5.41) is 0.441. The number of aliphatic imine (C=N–C) groups is 1. The summed E-state index contributed by atoms with van der Waals surface area (Å²) in [6.45, 7) is 4.79. The molecule has 7 nitrogen and oxygen atoms in total. The van der Waals surface area contributed by atoms with Crippen LogP contribution < -0.4 is 5.73 Å². The van der Waals surface area contributed by atoms with Gasteiger partial charge in [0.2, 0.25) is 0 Å². The Morgan fingerprint density at radius 1 is 1.29 bits per heavy atom. The number of hydrogen-bond donors (Lipinski definition) is 1. The van der Waals surface area contributed by atoms with E-state index in [0.29, 0.717) is 35.1 Å². The van der Waals surface area contributed by atoms with Gasteiger partial charge in [0, 0.05) is 16.6 Å². The molecular weight excluding hydrogens is 384 g/mol. The number of rotatable bonds is 8. The maximum Gasteiger partial charge on any atom is 0.336 e. The molecular formula is C20H26ClN2O5+. The van der Waals surface area contributed by atoms with Gasteiger partial charge in [-0.05, 0) is 25.5 Å². The molecule has 0 saturated heterocycles. The number of benzene rings is 1. The van der Waals surface area contributed by atoms with Gasteiger partial charge in [-0.3, -0.25) is 9.79 Å². The van der Waals surface area contributed by atoms with Crippen LogP contribution in [0.15, 0.2) is 40.5 Å². The molecule has 3 N–H and O–H groups in total. The predicted octanol–water partition coefficient (Wildman–Crippen LogP) is 1.76. The van der Waals surface area contributed by atoms with Crippen molar-refractivity contribution in [3.8, 4) is 0 Å². The monoisotopic (exact) mass is 409 g/mol. The minimum absolute atomic E-state index is 0.131. The molecule has 2 rings (SSSR count). The molecule has 8 heteroatoms. The number of esters is 2. The molecule has 1 aliphatic rings. The van der Waals surface area contributed by atoms with Crippen LogP contribution in [-0.2, 0) is 23.8 Å². The maximum absolute atomic E-state index is 12.9. The quantitative estimate of drug-likeness (QED) is 0.520. The number of carbonyl (C=O) groups is 2. The lowest BCUT2D eigenvalue weighted by Crippen LogP contribution is -2.52. The van der Waals surface area contributed by atoms with Crippen LogP contribution in [0.4, 0.5) is 0 Å². The van der Waals surface area contributed by atoms with Crippen LogP contribution >= 0.6 is 11.6 Å². The zero-order chi connectivity index (χ0) is 20.7. The molecule has 0 saturated carbocycles. The normalized spacial score (nSPS) is 19.2. The molecule has 152 valence electrons. The van der Waals surface area contributed by atoms with Gasteiger partial charge in [0.1, 0.15) is 5.92 Å². The molecule has 1 unspecified atom stereocenters. The van der Waals surface area contributed by atoms with Crippen LogP contribution in [0.25, 0.3) is 0 Å². The van der Waals surface area contributed by atoms with Gasteiger partial charge in [0.05, 0.1) is 44.8 Å². The summed E-state index contributed by atoms with van der Waals surface area (Å²) in [6.07, 6.45) is 0. The van der Waals surface area contributed by atoms with Gasteiger partial charge >= 0.3 is 11.9 Å². The average Bonchev–Trinajstić information content (AvgIpc) is 2.67. The third-order valence-electron chi connectivity index (χ3n) is 4.43. The summed E-state index contributed by atoms with van der Waals surface area (Å²) < 4.78 is 15.9. The summed E-state index contributed by atoms with van der Waals surface area (Å²) in [4.78, 5) is 30.0. The largest absolute Gasteiger partial charge is 0.466 e. The molecule has 28 heavy (non-hydrogen) atoms. The molecule has 0 fully saturated rings. The van der Waals surface area contributed by atoms with Gasteiger partial charge in [0.25, 0.3) is 0 Å². The van der Waals surface area contributed by atoms with E-state index in [-0.39, 0.29) is 18.8 Å². The second-order valence-electron chi connectivity index (χ2n) is 6.23. The fourth-order valence-corrected chi connectivity index (χ4v) is 3.53. The molecule has 0 amide bonds. The highest BCUT2D eigenvalue weighted by molar-refractivity contribution is 6.31. The van der Waals surface area contributed by atoms with Crippen molar-refractivity contribution >= 4 is 29.3 Å². The Morgan fingerprint density at radius 3 is 2.61 bits per heavy atom. The predicted molar refractivity (Wildman–Crippen MR) is 105 cm³/mol. The highest BCUT2D eigenvalue weighted by atomic mass is 35.5. The van der Waals surface area contributed by atoms with E-state index >= 15 is 0 Å². The first kappa shape index (κ1) is 22.1. The molecule has 0 aliphatic carbocycles. The van der Waals surface area contributed by atoms with Crippen LogP contribution in [0, 0.1) is 5.92 Å². The number of carbonyl (C=O) groups excluding carboxylic acids is 2. The second kappa shape index (κ2) is 10.4. The van der Waals surface area contributed by atoms with Crippen molar-refractivity contribution in [1.29, 1.82) is 0 Å². The summed E-state index contributed by atoms with van der Waals surface area (Å²) in [5.41, 5.74) is 5.61. The number of methoxy groups -OCH3 is 1. The highest BCUT2D eigenvalue weighted by Gasteiger charge is 2.44. The van der Waals surface area contributed by atoms with E-state index in [2.05, 4.69) is 10.7 Å². The number of nitrogens with zero attached hydrogens (tertiary/aromatic N) is 1. The van der Waals surface area contributed by atoms with Gasteiger partial charge in [-0.15, -0.1) is 0 Å². The molecule has 1 heterocycles. The van der Waals surface area contributed by atoms with Crippen LogP contribution in [-0.4, -0.2) is 51.1 Å². The first-order valence-electron chi connectivity index (χ1n) is 9.10. The first-order chi connectivity index (χ1) is 13.5. The molecule has 0 radical (unpaired) electrons. The molecule has 0 aromatic heterocycles. The highest BCUT2D eigenvalue weighted by Crippen LogP contribution is 2.42. The molecule has 1 aromatic carbocycles. The van der Waals surface area contributed by atoms with Crippen molar-refractivity contribution < 1.29 is 29.5 Å². The van der Waals surface area contributed by atoms with Crippen LogP contribution in [0.2, 0.25) is 5.02 Å². The van der Waals surface area contributed by atoms with Crippen LogP contribution in [0.1, 0.15) is 25.3 Å². The number of hydrogen-bond acceptors (Lipinski definition) is 6. The van der Waals surface area contributed by atoms with E-state index in [1.807, 2.05) is 0 Å². The van der Waals surface area contributed by atoms with E-state index in [4.69, 9.17) is 25.8 Å². The maximum atomic E-state index is 12.9. The van der Waals surface area contributed by atoms with Crippen molar-refractivity contribution in [1.82, 2.24) is 0 Å². The van der Waals surface area contributed by atoms with Crippen molar-refractivity contribution in [3.05, 3.63) is 46.1 Å². The van der Waals surface area contributed by atoms with Crippen LogP contribution in [0.3, 0.4) is 0 Å².